The van der Waals surface area contributed by atoms with Crippen molar-refractivity contribution < 1.29 is 44.2 Å². The summed E-state index contributed by atoms with van der Waals surface area (Å²) in [5.41, 5.74) is 9.75. The van der Waals surface area contributed by atoms with Crippen LogP contribution in [0, 0.1) is 34.0 Å². The first-order valence-corrected chi connectivity index (χ1v) is 50.1. The topological polar surface area (TPSA) is 327 Å². The molecule has 7 saturated heterocycles. The van der Waals surface area contributed by atoms with Crippen molar-refractivity contribution in [3.05, 3.63) is 144 Å². The lowest BCUT2D eigenvalue weighted by Gasteiger charge is -2.42. The molecule has 133 heavy (non-hydrogen) atoms. The SMILES string of the molecule is CC(C)(C)OC(=O)N1CCNCC1.CC(C)(C)OC(=O)N1CCc2nc(Br)sc2C1.C[C@@H]1CN(c2ccc(C#N)c3ncccc23)C[C@H](CN2CCN(c3nc4c(s3)CN(C(=O)OC(C)(C)C)CC4)CC2)O1.C[C@@H]1CN(c2ccc(C#N)c3ncccc23)C[C@H](CN2CCN(c3nc4c(s3)CNCC4)CC2)O1.C[C@@H]1CN(c2ccc(C#N)c3ncccc23)C[C@H](CN2CCNCC2)O1.[HH]. The molecule has 10 aliphatic rings. The highest BCUT2D eigenvalue weighted by Crippen LogP contribution is 2.38. The average molecular weight is 1940 g/mol. The lowest BCUT2D eigenvalue weighted by Crippen LogP contribution is -2.54. The number of carbonyl (C=O) groups excluding carboxylic acids is 3. The number of halogens is 1. The molecule has 16 heterocycles. The maximum absolute atomic E-state index is 12.6. The van der Waals surface area contributed by atoms with Crippen molar-refractivity contribution >= 4 is 128 Å². The van der Waals surface area contributed by atoms with E-state index < -0.39 is 11.2 Å². The molecule has 0 unspecified atom stereocenters. The van der Waals surface area contributed by atoms with Gasteiger partial charge in [-0.3, -0.25) is 29.7 Å². The number of piperazine rings is 4. The van der Waals surface area contributed by atoms with E-state index in [0.29, 0.717) is 42.9 Å². The van der Waals surface area contributed by atoms with Gasteiger partial charge in [-0.25, -0.2) is 29.3 Å². The Morgan fingerprint density at radius 2 is 0.774 bits per heavy atom. The molecular formula is C97H130BrN23O9S3. The number of carbonyl (C=O) groups is 3. The second-order valence-corrected chi connectivity index (χ2v) is 43.0. The van der Waals surface area contributed by atoms with Gasteiger partial charge in [0.05, 0.1) is 100 Å². The minimum absolute atomic E-state index is 0. The molecule has 712 valence electrons. The van der Waals surface area contributed by atoms with Crippen LogP contribution in [0.25, 0.3) is 32.7 Å². The summed E-state index contributed by atoms with van der Waals surface area (Å²) >= 11 is 8.52. The number of fused-ring (bicyclic) bond motifs is 6. The normalized spacial score (nSPS) is 21.6. The van der Waals surface area contributed by atoms with E-state index in [2.05, 4.69) is 166 Å². The fourth-order valence-electron chi connectivity index (χ4n) is 18.5. The maximum atomic E-state index is 12.6. The molecule has 3 N–H and O–H groups in total. The molecule has 0 bridgehead atoms. The standard InChI is InChI=1S/C31H39N7O3S.C26H31N7OS.C20H25N5O.C11H15BrN2O2S.C9H18N2O2.H2/c1-21-17-38(26-8-7-22(16-32)28-24(26)6-5-10-33-28)19-23(40-21)18-35-12-14-36(15-13-35)29-34-25-9-11-37(20-27(25)42-29)30(39)41-31(2,3)4;1-18-15-33(23-5-4-19(13-27)25-21(23)3-2-7-29-25)17-20(34-18)16-31-9-11-32(12-10-31)26-30-22-6-8-28-14-24(22)35-26;1-15-12-25(14-17(26-15)13-24-9-7-22-8-10-24)19-5-4-16(11-21)20-18(19)3-2-6-23-20;1-11(2,3)16-10(15)14-5-4-7-8(6-14)17-9(12)13-7;1-9(2,3)13-8(12)11-6-4-10-5-7-11;/h5-8,10,21,23H,9,11-15,17-20H2,1-4H3;2-5,7,18,20,28H,6,8-12,14-17H2,1H3;2-6,15,17,22H,7-10,12-14H2,1H3;4-6H2,1-3H3;10H,4-7H2,1-3H3;1H/t21-,23+;18-,20+;15-,17+;;;/m111.../s1. The third-order valence-electron chi connectivity index (χ3n) is 24.6. The van der Waals surface area contributed by atoms with Crippen LogP contribution < -0.4 is 40.4 Å². The first kappa shape index (κ1) is 97.7. The van der Waals surface area contributed by atoms with Crippen LogP contribution in [0.4, 0.5) is 41.7 Å². The van der Waals surface area contributed by atoms with Crippen LogP contribution in [0.3, 0.4) is 0 Å². The Labute approximate surface area is 803 Å². The van der Waals surface area contributed by atoms with Crippen molar-refractivity contribution in [2.75, 3.05) is 208 Å². The Hall–Kier alpha value is -9.82. The van der Waals surface area contributed by atoms with Gasteiger partial charge in [0.15, 0.2) is 14.2 Å². The van der Waals surface area contributed by atoms with E-state index in [9.17, 15) is 30.2 Å². The fraction of sp³-hybridized carbons (Fsp3) is 0.567. The van der Waals surface area contributed by atoms with Crippen LogP contribution in [0.15, 0.2) is 95.3 Å². The predicted molar refractivity (Wildman–Crippen MR) is 529 cm³/mol. The van der Waals surface area contributed by atoms with E-state index in [1.165, 1.54) is 20.6 Å². The number of rotatable bonds is 11. The summed E-state index contributed by atoms with van der Waals surface area (Å²) in [5, 5.41) is 43.8. The molecule has 0 spiro atoms. The Kier molecular flexibility index (Phi) is 32.6. The summed E-state index contributed by atoms with van der Waals surface area (Å²) in [4.78, 5) is 92.2. The minimum Gasteiger partial charge on any atom is -0.444 e. The number of nitriles is 3. The summed E-state index contributed by atoms with van der Waals surface area (Å²) in [6, 6.07) is 30.6. The molecule has 3 aromatic carbocycles. The molecule has 7 fully saturated rings. The van der Waals surface area contributed by atoms with Gasteiger partial charge >= 0.3 is 18.3 Å². The van der Waals surface area contributed by atoms with Gasteiger partial charge in [-0.1, -0.05) is 11.3 Å². The maximum Gasteiger partial charge on any atom is 0.410 e. The molecule has 0 aliphatic carbocycles. The van der Waals surface area contributed by atoms with Crippen molar-refractivity contribution in [2.24, 2.45) is 0 Å². The molecule has 0 radical (unpaired) electrons. The lowest BCUT2D eigenvalue weighted by molar-refractivity contribution is -0.0335. The van der Waals surface area contributed by atoms with Crippen LogP contribution in [0.1, 0.15) is 133 Å². The van der Waals surface area contributed by atoms with Crippen molar-refractivity contribution in [1.82, 2.24) is 75.3 Å². The second-order valence-electron chi connectivity index (χ2n) is 38.5. The fourth-order valence-corrected chi connectivity index (χ4v) is 22.4. The zero-order valence-electron chi connectivity index (χ0n) is 78.9. The highest BCUT2D eigenvalue weighted by Gasteiger charge is 2.37. The van der Waals surface area contributed by atoms with Crippen molar-refractivity contribution in [2.45, 2.75) is 175 Å². The van der Waals surface area contributed by atoms with E-state index in [1.807, 2.05) is 110 Å². The number of amides is 3. The number of nitrogens with one attached hydrogen (secondary N) is 3. The summed E-state index contributed by atoms with van der Waals surface area (Å²) < 4.78 is 36.1. The largest absolute Gasteiger partial charge is 0.444 e. The van der Waals surface area contributed by atoms with Gasteiger partial charge in [0.1, 0.15) is 35.0 Å². The minimum atomic E-state index is -0.496. The molecule has 10 aliphatic heterocycles. The number of anilines is 5. The molecule has 19 rings (SSSR count). The van der Waals surface area contributed by atoms with Gasteiger partial charge < -0.3 is 83.6 Å². The van der Waals surface area contributed by atoms with Crippen molar-refractivity contribution in [1.29, 1.82) is 15.8 Å². The van der Waals surface area contributed by atoms with E-state index >= 15 is 0 Å². The Bertz CT molecular complexity index is 5600. The van der Waals surface area contributed by atoms with E-state index in [4.69, 9.17) is 38.4 Å². The van der Waals surface area contributed by atoms with Gasteiger partial charge in [0.25, 0.3) is 0 Å². The van der Waals surface area contributed by atoms with Gasteiger partial charge in [-0.15, -0.1) is 22.7 Å². The number of thiazole rings is 3. The van der Waals surface area contributed by atoms with Gasteiger partial charge in [-0.05, 0) is 172 Å². The summed E-state index contributed by atoms with van der Waals surface area (Å²) in [5.74, 6) is 0. The Morgan fingerprint density at radius 3 is 1.16 bits per heavy atom. The molecule has 36 heteroatoms. The summed E-state index contributed by atoms with van der Waals surface area (Å²) in [6.07, 6.45) is 8.04. The van der Waals surface area contributed by atoms with Crippen molar-refractivity contribution in [3.8, 4) is 18.2 Å². The van der Waals surface area contributed by atoms with E-state index in [1.54, 1.807) is 56.0 Å². The quantitative estimate of drug-likeness (QED) is 0.101. The number of ether oxygens (including phenoxy) is 6. The molecule has 3 amide bonds. The van der Waals surface area contributed by atoms with Gasteiger partial charge in [0, 0.05) is 277 Å². The Morgan fingerprint density at radius 1 is 0.421 bits per heavy atom. The first-order valence-electron chi connectivity index (χ1n) is 46.8. The number of nitrogens with zero attached hydrogens (tertiary/aromatic N) is 20. The smallest absolute Gasteiger partial charge is 0.410 e. The Balaban J connectivity index is 0.000000142. The summed E-state index contributed by atoms with van der Waals surface area (Å²) in [7, 11) is 0. The highest BCUT2D eigenvalue weighted by molar-refractivity contribution is 9.11. The van der Waals surface area contributed by atoms with Crippen molar-refractivity contribution in [3.63, 3.8) is 0 Å². The zero-order chi connectivity index (χ0) is 93.7. The van der Waals surface area contributed by atoms with Crippen LogP contribution in [0.2, 0.25) is 0 Å². The molecule has 9 aromatic rings. The molecule has 6 atom stereocenters. The average Bonchev–Trinajstić information content (AvgIpc) is 1.13. The van der Waals surface area contributed by atoms with Crippen LogP contribution in [-0.4, -0.2) is 314 Å². The predicted octanol–water partition coefficient (Wildman–Crippen LogP) is 12.8. The number of aromatic nitrogens is 6. The second kappa shape index (κ2) is 44.3. The number of hydrogen-bond donors (Lipinski definition) is 3. The lowest BCUT2D eigenvalue weighted by atomic mass is 10.1. The molecular weight excluding hydrogens is 1810 g/mol. The van der Waals surface area contributed by atoms with E-state index in [0.717, 1.165) is 271 Å². The molecule has 32 nitrogen and oxygen atoms in total. The number of pyridine rings is 3. The monoisotopic (exact) mass is 1940 g/mol. The molecule has 6 aromatic heterocycles. The number of benzene rings is 3. The van der Waals surface area contributed by atoms with Crippen LogP contribution in [-0.2, 0) is 67.3 Å². The number of morpholine rings is 3. The summed E-state index contributed by atoms with van der Waals surface area (Å²) in [6.45, 7) is 51.0. The highest BCUT2D eigenvalue weighted by atomic mass is 79.9. The third kappa shape index (κ3) is 26.1. The number of hydrogen-bond acceptors (Lipinski definition) is 32. The zero-order valence-corrected chi connectivity index (χ0v) is 82.9. The molecule has 0 saturated carbocycles. The van der Waals surface area contributed by atoms with E-state index in [-0.39, 0.29) is 61.9 Å². The van der Waals surface area contributed by atoms with Gasteiger partial charge in [-0.2, -0.15) is 15.8 Å². The first-order chi connectivity index (χ1) is 63.9. The third-order valence-corrected chi connectivity index (χ3v) is 28.4. The van der Waals surface area contributed by atoms with Crippen LogP contribution >= 0.6 is 49.9 Å². The van der Waals surface area contributed by atoms with Gasteiger partial charge in [0.2, 0.25) is 0 Å². The van der Waals surface area contributed by atoms with Crippen LogP contribution in [0.5, 0.6) is 0 Å².